The van der Waals surface area contributed by atoms with Gasteiger partial charge < -0.3 is 0 Å². The molecule has 2 heterocycles. The van der Waals surface area contributed by atoms with Gasteiger partial charge in [0.25, 0.3) is 0 Å². The molecule has 0 N–H and O–H groups in total. The summed E-state index contributed by atoms with van der Waals surface area (Å²) < 4.78 is 0.750. The molecule has 0 fully saturated rings. The number of aromatic nitrogens is 3. The first kappa shape index (κ1) is 8.06. The van der Waals surface area contributed by atoms with Gasteiger partial charge in [0, 0.05) is 40.4 Å². The van der Waals surface area contributed by atoms with E-state index in [4.69, 9.17) is 0 Å². The Morgan fingerprint density at radius 1 is 1.25 bits per heavy atom. The van der Waals surface area contributed by atoms with Crippen molar-refractivity contribution >= 4 is 33.9 Å². The van der Waals surface area contributed by atoms with Crippen LogP contribution in [0.1, 0.15) is 0 Å². The summed E-state index contributed by atoms with van der Waals surface area (Å²) in [5.74, 6) is 0. The van der Waals surface area contributed by atoms with E-state index in [-0.39, 0.29) is 0 Å². The molecule has 0 aromatic carbocycles. The highest BCUT2D eigenvalue weighted by atomic mass is 127. The third-order valence-corrected chi connectivity index (χ3v) is 2.59. The Balaban J connectivity index is 2.48. The van der Waals surface area contributed by atoms with Gasteiger partial charge in [-0.1, -0.05) is 0 Å². The van der Waals surface area contributed by atoms with Crippen molar-refractivity contribution in [3.63, 3.8) is 0 Å². The zero-order valence-electron chi connectivity index (χ0n) is 5.94. The summed E-state index contributed by atoms with van der Waals surface area (Å²) >= 11 is 3.66. The average Bonchev–Trinajstić information content (AvgIpc) is 2.56. The van der Waals surface area contributed by atoms with Crippen molar-refractivity contribution in [2.75, 3.05) is 0 Å². The minimum atomic E-state index is 0.750. The molecule has 60 valence electrons. The molecule has 0 aliphatic carbocycles. The fraction of sp³-hybridized carbons (Fsp3) is 0. The highest BCUT2D eigenvalue weighted by Crippen LogP contribution is 2.18. The molecule has 0 amide bonds. The van der Waals surface area contributed by atoms with Crippen molar-refractivity contribution in [3.05, 3.63) is 27.7 Å². The summed E-state index contributed by atoms with van der Waals surface area (Å²) in [6.07, 6.45) is 3.51. The van der Waals surface area contributed by atoms with Gasteiger partial charge >= 0.3 is 0 Å². The van der Waals surface area contributed by atoms with Gasteiger partial charge in [0.05, 0.1) is 0 Å². The van der Waals surface area contributed by atoms with Crippen molar-refractivity contribution in [2.45, 2.75) is 0 Å². The van der Waals surface area contributed by atoms with E-state index in [1.807, 2.05) is 11.4 Å². The maximum Gasteiger partial charge on any atom is 0.191 e. The molecule has 2 aromatic rings. The maximum absolute atomic E-state index is 4.24. The predicted molar refractivity (Wildman–Crippen MR) is 55.9 cm³/mol. The minimum absolute atomic E-state index is 0.750. The molecule has 2 aromatic heterocycles. The molecule has 5 heteroatoms. The van der Waals surface area contributed by atoms with E-state index >= 15 is 0 Å². The Morgan fingerprint density at radius 2 is 2.17 bits per heavy atom. The van der Waals surface area contributed by atoms with Crippen LogP contribution in [-0.4, -0.2) is 15.0 Å². The van der Waals surface area contributed by atoms with Crippen LogP contribution in [0.25, 0.3) is 10.7 Å². The largest absolute Gasteiger partial charge is 0.243 e. The molecule has 0 bridgehead atoms. The second-order valence-electron chi connectivity index (χ2n) is 2.05. The van der Waals surface area contributed by atoms with Gasteiger partial charge in [-0.15, -0.1) is 11.3 Å². The van der Waals surface area contributed by atoms with Crippen LogP contribution in [0.5, 0.6) is 0 Å². The van der Waals surface area contributed by atoms with Gasteiger partial charge in [0.1, 0.15) is 10.7 Å². The van der Waals surface area contributed by atoms with Crippen molar-refractivity contribution in [2.24, 2.45) is 0 Å². The summed E-state index contributed by atoms with van der Waals surface area (Å²) in [6, 6.07) is 1.86. The summed E-state index contributed by atoms with van der Waals surface area (Å²) in [6.45, 7) is 0. The number of halogens is 1. The quantitative estimate of drug-likeness (QED) is 0.597. The van der Waals surface area contributed by atoms with E-state index < -0.39 is 0 Å². The van der Waals surface area contributed by atoms with Gasteiger partial charge in [-0.05, 0) is 6.07 Å². The molecule has 0 atom stereocenters. The molecule has 0 unspecified atom stereocenters. The third-order valence-electron chi connectivity index (χ3n) is 1.28. The fourth-order valence-corrected chi connectivity index (χ4v) is 1.83. The lowest BCUT2D eigenvalue weighted by atomic mass is 10.4. The molecule has 3 nitrogen and oxygen atoms in total. The predicted octanol–water partition coefficient (Wildman–Crippen LogP) is 2.20. The van der Waals surface area contributed by atoms with Crippen LogP contribution in [0.2, 0.25) is 0 Å². The first-order valence-corrected chi connectivity index (χ1v) is 5.20. The summed E-state index contributed by atoms with van der Waals surface area (Å²) in [5.41, 5.74) is 0.893. The van der Waals surface area contributed by atoms with E-state index in [9.17, 15) is 0 Å². The molecule has 0 aliphatic heterocycles. The van der Waals surface area contributed by atoms with Gasteiger partial charge in [0.2, 0.25) is 0 Å². The number of rotatable bonds is 1. The van der Waals surface area contributed by atoms with Crippen molar-refractivity contribution in [1.29, 1.82) is 0 Å². The molecule has 0 radical (unpaired) electrons. The number of hydrogen-bond donors (Lipinski definition) is 0. The second-order valence-corrected chi connectivity index (χ2v) is 3.91. The van der Waals surface area contributed by atoms with Crippen LogP contribution in [0.3, 0.4) is 0 Å². The molecule has 2 rings (SSSR count). The van der Waals surface area contributed by atoms with Crippen LogP contribution >= 0.6 is 33.9 Å². The van der Waals surface area contributed by atoms with E-state index in [1.165, 1.54) is 0 Å². The lowest BCUT2D eigenvalue weighted by Crippen LogP contribution is -1.88. The van der Waals surface area contributed by atoms with Crippen LogP contribution < -0.4 is 0 Å². The fourth-order valence-electron chi connectivity index (χ4n) is 0.804. The Morgan fingerprint density at radius 3 is 2.83 bits per heavy atom. The highest BCUT2D eigenvalue weighted by Gasteiger charge is 2.01. The third kappa shape index (κ3) is 1.61. The molecule has 0 saturated heterocycles. The molecular weight excluding hydrogens is 285 g/mol. The van der Waals surface area contributed by atoms with E-state index in [2.05, 4.69) is 37.5 Å². The molecule has 0 saturated carbocycles. The minimum Gasteiger partial charge on any atom is -0.243 e. The SMILES string of the molecule is Ic1nccc(-c2nccs2)n1. The zero-order valence-corrected chi connectivity index (χ0v) is 8.91. The summed E-state index contributed by atoms with van der Waals surface area (Å²) in [4.78, 5) is 12.4. The highest BCUT2D eigenvalue weighted by molar-refractivity contribution is 14.1. The van der Waals surface area contributed by atoms with Gasteiger partial charge in [-0.25, -0.2) is 15.0 Å². The Bertz CT molecular complexity index is 374. The number of thiazole rings is 1. The summed E-state index contributed by atoms with van der Waals surface area (Å²) in [7, 11) is 0. The number of nitrogens with zero attached hydrogens (tertiary/aromatic N) is 3. The van der Waals surface area contributed by atoms with Crippen molar-refractivity contribution in [1.82, 2.24) is 15.0 Å². The topological polar surface area (TPSA) is 38.7 Å². The lowest BCUT2D eigenvalue weighted by Gasteiger charge is -1.93. The van der Waals surface area contributed by atoms with Crippen LogP contribution in [0.4, 0.5) is 0 Å². The van der Waals surface area contributed by atoms with E-state index in [0.717, 1.165) is 14.5 Å². The summed E-state index contributed by atoms with van der Waals surface area (Å²) in [5, 5.41) is 2.87. The zero-order chi connectivity index (χ0) is 8.39. The van der Waals surface area contributed by atoms with Crippen LogP contribution in [-0.2, 0) is 0 Å². The Labute approximate surface area is 87.0 Å². The van der Waals surface area contributed by atoms with Gasteiger partial charge in [0.15, 0.2) is 3.83 Å². The maximum atomic E-state index is 4.24. The molecule has 0 spiro atoms. The average molecular weight is 289 g/mol. The van der Waals surface area contributed by atoms with Gasteiger partial charge in [-0.2, -0.15) is 0 Å². The first-order valence-electron chi connectivity index (χ1n) is 3.24. The number of hydrogen-bond acceptors (Lipinski definition) is 4. The van der Waals surface area contributed by atoms with Gasteiger partial charge in [-0.3, -0.25) is 0 Å². The van der Waals surface area contributed by atoms with Crippen molar-refractivity contribution in [3.8, 4) is 10.7 Å². The Kier molecular flexibility index (Phi) is 2.31. The monoisotopic (exact) mass is 289 g/mol. The van der Waals surface area contributed by atoms with E-state index in [1.54, 1.807) is 23.7 Å². The van der Waals surface area contributed by atoms with E-state index in [0.29, 0.717) is 0 Å². The normalized spacial score (nSPS) is 10.1. The Hall–Kier alpha value is -0.560. The smallest absolute Gasteiger partial charge is 0.191 e. The second kappa shape index (κ2) is 3.44. The standard InChI is InChI=1S/C7H4IN3S/c8-7-10-2-1-5(11-7)6-9-3-4-12-6/h1-4H. The first-order chi connectivity index (χ1) is 5.86. The molecule has 0 aliphatic rings. The van der Waals surface area contributed by atoms with Crippen LogP contribution in [0.15, 0.2) is 23.8 Å². The lowest BCUT2D eigenvalue weighted by molar-refractivity contribution is 1.11. The van der Waals surface area contributed by atoms with Crippen molar-refractivity contribution < 1.29 is 0 Å². The molecule has 12 heavy (non-hydrogen) atoms. The molecular formula is C7H4IN3S. The van der Waals surface area contributed by atoms with Crippen LogP contribution in [0, 0.1) is 3.83 Å².